The Labute approximate surface area is 113 Å². The molecule has 1 heterocycles. The van der Waals surface area contributed by atoms with Crippen molar-refractivity contribution in [2.75, 3.05) is 0 Å². The normalized spacial score (nSPS) is 10.1. The Morgan fingerprint density at radius 3 is 2.50 bits per heavy atom. The van der Waals surface area contributed by atoms with Crippen molar-refractivity contribution >= 4 is 29.2 Å². The number of ether oxygens (including phenoxy) is 1. The van der Waals surface area contributed by atoms with Crippen molar-refractivity contribution in [3.8, 4) is 11.5 Å². The SMILES string of the molecule is O=C(O)c1ccncc1Oc1cc(Cl)cc(Cl)c1. The molecule has 0 aliphatic carbocycles. The number of benzene rings is 1. The number of nitrogens with zero attached hydrogens (tertiary/aromatic N) is 1. The van der Waals surface area contributed by atoms with E-state index in [-0.39, 0.29) is 11.3 Å². The molecule has 1 N–H and O–H groups in total. The summed E-state index contributed by atoms with van der Waals surface area (Å²) in [6.07, 6.45) is 2.69. The number of carboxylic acids is 1. The molecule has 6 heteroatoms. The minimum Gasteiger partial charge on any atom is -0.478 e. The fourth-order valence-electron chi connectivity index (χ4n) is 1.35. The van der Waals surface area contributed by atoms with E-state index in [4.69, 9.17) is 33.0 Å². The molecule has 0 amide bonds. The first-order chi connectivity index (χ1) is 8.56. The minimum atomic E-state index is -1.10. The van der Waals surface area contributed by atoms with Gasteiger partial charge in [-0.2, -0.15) is 0 Å². The molecule has 0 saturated carbocycles. The van der Waals surface area contributed by atoms with Gasteiger partial charge in [-0.3, -0.25) is 4.98 Å². The first-order valence-electron chi connectivity index (χ1n) is 4.87. The number of aromatic carboxylic acids is 1. The first-order valence-corrected chi connectivity index (χ1v) is 5.63. The van der Waals surface area contributed by atoms with Crippen molar-refractivity contribution in [3.63, 3.8) is 0 Å². The van der Waals surface area contributed by atoms with Gasteiger partial charge in [0.25, 0.3) is 0 Å². The number of pyridine rings is 1. The van der Waals surface area contributed by atoms with E-state index in [1.807, 2.05) is 0 Å². The zero-order valence-corrected chi connectivity index (χ0v) is 10.4. The third-order valence-electron chi connectivity index (χ3n) is 2.08. The molecule has 2 aromatic rings. The summed E-state index contributed by atoms with van der Waals surface area (Å²) in [4.78, 5) is 14.8. The average molecular weight is 284 g/mol. The Morgan fingerprint density at radius 1 is 1.22 bits per heavy atom. The van der Waals surface area contributed by atoms with Crippen molar-refractivity contribution in [2.24, 2.45) is 0 Å². The fourth-order valence-corrected chi connectivity index (χ4v) is 1.86. The quantitative estimate of drug-likeness (QED) is 0.929. The highest BCUT2D eigenvalue weighted by Crippen LogP contribution is 2.29. The largest absolute Gasteiger partial charge is 0.478 e. The predicted octanol–water partition coefficient (Wildman–Crippen LogP) is 3.88. The van der Waals surface area contributed by atoms with Crippen LogP contribution in [0.3, 0.4) is 0 Å². The van der Waals surface area contributed by atoms with E-state index >= 15 is 0 Å². The van der Waals surface area contributed by atoms with E-state index < -0.39 is 5.97 Å². The lowest BCUT2D eigenvalue weighted by Crippen LogP contribution is -2.00. The number of rotatable bonds is 3. The van der Waals surface area contributed by atoms with Crippen LogP contribution in [0, 0.1) is 0 Å². The molecule has 0 bridgehead atoms. The van der Waals surface area contributed by atoms with Crippen molar-refractivity contribution in [2.45, 2.75) is 0 Å². The Morgan fingerprint density at radius 2 is 1.89 bits per heavy atom. The molecule has 0 aliphatic heterocycles. The maximum atomic E-state index is 11.0. The predicted molar refractivity (Wildman–Crippen MR) is 67.7 cm³/mol. The minimum absolute atomic E-state index is 0.0149. The summed E-state index contributed by atoms with van der Waals surface area (Å²) in [5, 5.41) is 9.80. The van der Waals surface area contributed by atoms with E-state index in [0.29, 0.717) is 15.8 Å². The lowest BCUT2D eigenvalue weighted by molar-refractivity contribution is 0.0694. The van der Waals surface area contributed by atoms with Gasteiger partial charge in [0.1, 0.15) is 11.3 Å². The molecular weight excluding hydrogens is 277 g/mol. The van der Waals surface area contributed by atoms with Crippen molar-refractivity contribution in [1.29, 1.82) is 0 Å². The Bertz CT molecular complexity index is 581. The second kappa shape index (κ2) is 5.25. The number of hydrogen-bond acceptors (Lipinski definition) is 3. The number of hydrogen-bond donors (Lipinski definition) is 1. The molecule has 0 saturated heterocycles. The lowest BCUT2D eigenvalue weighted by atomic mass is 10.2. The molecule has 2 rings (SSSR count). The molecule has 0 unspecified atom stereocenters. The standard InChI is InChI=1S/C12H7Cl2NO3/c13-7-3-8(14)5-9(4-7)18-11-6-15-2-1-10(11)12(16)17/h1-6H,(H,16,17). The molecule has 0 fully saturated rings. The van der Waals surface area contributed by atoms with Crippen LogP contribution >= 0.6 is 23.2 Å². The maximum absolute atomic E-state index is 11.0. The Hall–Kier alpha value is -1.78. The summed E-state index contributed by atoms with van der Waals surface area (Å²) in [7, 11) is 0. The molecule has 1 aromatic carbocycles. The molecule has 0 spiro atoms. The third kappa shape index (κ3) is 2.91. The van der Waals surface area contributed by atoms with Crippen molar-refractivity contribution < 1.29 is 14.6 Å². The van der Waals surface area contributed by atoms with Gasteiger partial charge in [0.05, 0.1) is 6.20 Å². The number of carbonyl (C=O) groups is 1. The van der Waals surface area contributed by atoms with Gasteiger partial charge >= 0.3 is 5.97 Å². The van der Waals surface area contributed by atoms with Crippen molar-refractivity contribution in [1.82, 2.24) is 4.98 Å². The van der Waals surface area contributed by atoms with Crippen LogP contribution in [-0.4, -0.2) is 16.1 Å². The van der Waals surface area contributed by atoms with Gasteiger partial charge in [-0.15, -0.1) is 0 Å². The maximum Gasteiger partial charge on any atom is 0.339 e. The molecule has 92 valence electrons. The van der Waals surface area contributed by atoms with E-state index in [9.17, 15) is 4.79 Å². The monoisotopic (exact) mass is 283 g/mol. The fraction of sp³-hybridized carbons (Fsp3) is 0. The van der Waals surface area contributed by atoms with E-state index in [2.05, 4.69) is 4.98 Å². The van der Waals surface area contributed by atoms with Crippen LogP contribution in [0.4, 0.5) is 0 Å². The van der Waals surface area contributed by atoms with Gasteiger partial charge in [-0.05, 0) is 24.3 Å². The summed E-state index contributed by atoms with van der Waals surface area (Å²) >= 11 is 11.6. The van der Waals surface area contributed by atoms with Crippen LogP contribution in [0.15, 0.2) is 36.7 Å². The topological polar surface area (TPSA) is 59.4 Å². The van der Waals surface area contributed by atoms with Crippen LogP contribution < -0.4 is 4.74 Å². The lowest BCUT2D eigenvalue weighted by Gasteiger charge is -2.08. The molecular formula is C12H7Cl2NO3. The summed E-state index contributed by atoms with van der Waals surface area (Å²) in [5.74, 6) is -0.619. The van der Waals surface area contributed by atoms with Crippen LogP contribution in [0.5, 0.6) is 11.5 Å². The molecule has 0 aliphatic rings. The summed E-state index contributed by atoms with van der Waals surface area (Å²) < 4.78 is 5.42. The van der Waals surface area contributed by atoms with Gasteiger partial charge in [-0.1, -0.05) is 23.2 Å². The molecule has 18 heavy (non-hydrogen) atoms. The first kappa shape index (κ1) is 12.7. The molecule has 0 atom stereocenters. The second-order valence-electron chi connectivity index (χ2n) is 3.38. The zero-order chi connectivity index (χ0) is 13.1. The van der Waals surface area contributed by atoms with Gasteiger partial charge in [0, 0.05) is 16.2 Å². The zero-order valence-electron chi connectivity index (χ0n) is 8.93. The number of aromatic nitrogens is 1. The van der Waals surface area contributed by atoms with Crippen LogP contribution in [0.25, 0.3) is 0 Å². The van der Waals surface area contributed by atoms with Gasteiger partial charge < -0.3 is 9.84 Å². The van der Waals surface area contributed by atoms with Gasteiger partial charge in [0.15, 0.2) is 5.75 Å². The summed E-state index contributed by atoms with van der Waals surface area (Å²) in [6, 6.07) is 5.97. The third-order valence-corrected chi connectivity index (χ3v) is 2.52. The second-order valence-corrected chi connectivity index (χ2v) is 4.26. The summed E-state index contributed by atoms with van der Waals surface area (Å²) in [6.45, 7) is 0. The number of halogens is 2. The highest BCUT2D eigenvalue weighted by atomic mass is 35.5. The van der Waals surface area contributed by atoms with Crippen LogP contribution in [0.2, 0.25) is 10.0 Å². The van der Waals surface area contributed by atoms with Crippen LogP contribution in [0.1, 0.15) is 10.4 Å². The van der Waals surface area contributed by atoms with E-state index in [1.54, 1.807) is 6.07 Å². The highest BCUT2D eigenvalue weighted by Gasteiger charge is 2.12. The van der Waals surface area contributed by atoms with E-state index in [1.165, 1.54) is 30.6 Å². The van der Waals surface area contributed by atoms with Crippen molar-refractivity contribution in [3.05, 3.63) is 52.3 Å². The average Bonchev–Trinajstić information content (AvgIpc) is 2.27. The number of carboxylic acid groups (broad SMARTS) is 1. The molecule has 4 nitrogen and oxygen atoms in total. The highest BCUT2D eigenvalue weighted by molar-refractivity contribution is 6.34. The van der Waals surface area contributed by atoms with Gasteiger partial charge in [-0.25, -0.2) is 4.79 Å². The Kier molecular flexibility index (Phi) is 3.69. The smallest absolute Gasteiger partial charge is 0.339 e. The Balaban J connectivity index is 2.37. The molecule has 0 radical (unpaired) electrons. The summed E-state index contributed by atoms with van der Waals surface area (Å²) in [5.41, 5.74) is 0.0149. The van der Waals surface area contributed by atoms with E-state index in [0.717, 1.165) is 0 Å². The molecule has 1 aromatic heterocycles. The van der Waals surface area contributed by atoms with Gasteiger partial charge in [0.2, 0.25) is 0 Å². The van der Waals surface area contributed by atoms with Crippen LogP contribution in [-0.2, 0) is 0 Å².